The first-order valence-electron chi connectivity index (χ1n) is 9.49. The Kier molecular flexibility index (Phi) is 5.29. The summed E-state index contributed by atoms with van der Waals surface area (Å²) in [6, 6.07) is 5.32. The van der Waals surface area contributed by atoms with Crippen molar-refractivity contribution in [1.29, 1.82) is 0 Å². The van der Waals surface area contributed by atoms with Crippen LogP contribution in [0.25, 0.3) is 0 Å². The molecule has 2 aromatic rings. The molecule has 0 saturated carbocycles. The van der Waals surface area contributed by atoms with Crippen molar-refractivity contribution < 1.29 is 19.1 Å². The van der Waals surface area contributed by atoms with E-state index in [2.05, 4.69) is 10.00 Å². The van der Waals surface area contributed by atoms with Gasteiger partial charge in [-0.2, -0.15) is 5.10 Å². The molecule has 2 fully saturated rings. The van der Waals surface area contributed by atoms with Gasteiger partial charge in [-0.05, 0) is 44.1 Å². The van der Waals surface area contributed by atoms with Crippen LogP contribution in [0.5, 0.6) is 0 Å². The summed E-state index contributed by atoms with van der Waals surface area (Å²) in [5.74, 6) is 0.732. The maximum Gasteiger partial charge on any atom is 0.289 e. The number of hydrogen-bond donors (Lipinski definition) is 1. The second-order valence-electron chi connectivity index (χ2n) is 7.46. The number of ether oxygens (including phenoxy) is 1. The van der Waals surface area contributed by atoms with Crippen LogP contribution in [0.3, 0.4) is 0 Å². The number of furan rings is 1. The van der Waals surface area contributed by atoms with Crippen LogP contribution in [0.15, 0.2) is 35.0 Å². The van der Waals surface area contributed by atoms with Gasteiger partial charge in [-0.3, -0.25) is 9.48 Å². The molecule has 0 radical (unpaired) electrons. The van der Waals surface area contributed by atoms with E-state index in [1.807, 2.05) is 12.3 Å². The van der Waals surface area contributed by atoms with Crippen LogP contribution in [0.2, 0.25) is 0 Å². The Labute approximate surface area is 158 Å². The molecule has 4 heterocycles. The van der Waals surface area contributed by atoms with E-state index in [4.69, 9.17) is 9.15 Å². The Morgan fingerprint density at radius 1 is 1.26 bits per heavy atom. The first kappa shape index (κ1) is 18.2. The van der Waals surface area contributed by atoms with Crippen LogP contribution in [0, 0.1) is 0 Å². The predicted octanol–water partition coefficient (Wildman–Crippen LogP) is 0.824. The molecule has 1 unspecified atom stereocenters. The van der Waals surface area contributed by atoms with Crippen LogP contribution in [-0.2, 0) is 11.3 Å². The fourth-order valence-corrected chi connectivity index (χ4v) is 3.83. The largest absolute Gasteiger partial charge is 0.454 e. The number of carbonyl (C=O) groups is 1. The molecule has 8 heteroatoms. The van der Waals surface area contributed by atoms with Crippen molar-refractivity contribution in [2.75, 3.05) is 45.9 Å². The number of amides is 1. The topological polar surface area (TPSA) is 84.0 Å². The summed E-state index contributed by atoms with van der Waals surface area (Å²) in [6.07, 6.45) is 5.86. The molecule has 2 aromatic heterocycles. The van der Waals surface area contributed by atoms with Gasteiger partial charge in [-0.25, -0.2) is 0 Å². The Balaban J connectivity index is 1.43. The van der Waals surface area contributed by atoms with Crippen LogP contribution < -0.4 is 0 Å². The zero-order chi connectivity index (χ0) is 18.7. The molecule has 27 heavy (non-hydrogen) atoms. The lowest BCUT2D eigenvalue weighted by Crippen LogP contribution is -2.52. The number of likely N-dealkylation sites (tertiary alicyclic amines) is 1. The minimum absolute atomic E-state index is 0.216. The normalized spacial score (nSPS) is 24.3. The maximum atomic E-state index is 12.9. The van der Waals surface area contributed by atoms with Crippen molar-refractivity contribution in [2.24, 2.45) is 0 Å². The molecule has 0 bridgehead atoms. The van der Waals surface area contributed by atoms with Crippen molar-refractivity contribution in [2.45, 2.75) is 25.0 Å². The van der Waals surface area contributed by atoms with Gasteiger partial charge in [-0.15, -0.1) is 0 Å². The molecular formula is C19H26N4O4. The number of aliphatic hydroxyl groups is 1. The lowest BCUT2D eigenvalue weighted by atomic mass is 10.0. The fourth-order valence-electron chi connectivity index (χ4n) is 3.83. The number of rotatable bonds is 5. The number of nitrogens with zero attached hydrogens (tertiary/aromatic N) is 4. The van der Waals surface area contributed by atoms with Gasteiger partial charge >= 0.3 is 0 Å². The zero-order valence-corrected chi connectivity index (χ0v) is 15.4. The van der Waals surface area contributed by atoms with Crippen LogP contribution in [-0.4, -0.2) is 82.1 Å². The highest BCUT2D eigenvalue weighted by Gasteiger charge is 2.37. The summed E-state index contributed by atoms with van der Waals surface area (Å²) < 4.78 is 13.1. The smallest absolute Gasteiger partial charge is 0.289 e. The molecule has 2 aliphatic heterocycles. The van der Waals surface area contributed by atoms with Gasteiger partial charge < -0.3 is 24.1 Å². The summed E-state index contributed by atoms with van der Waals surface area (Å²) in [7, 11) is 0. The van der Waals surface area contributed by atoms with E-state index in [0.717, 1.165) is 25.9 Å². The molecule has 4 rings (SSSR count). The van der Waals surface area contributed by atoms with Gasteiger partial charge in [0.1, 0.15) is 11.4 Å². The highest BCUT2D eigenvalue weighted by Crippen LogP contribution is 2.20. The van der Waals surface area contributed by atoms with Crippen LogP contribution in [0.1, 0.15) is 29.2 Å². The number of carbonyl (C=O) groups excluding carboxylic acids is 1. The second-order valence-corrected chi connectivity index (χ2v) is 7.46. The van der Waals surface area contributed by atoms with Crippen molar-refractivity contribution in [3.63, 3.8) is 0 Å². The maximum absolute atomic E-state index is 12.9. The molecule has 0 spiro atoms. The van der Waals surface area contributed by atoms with Gasteiger partial charge in [0, 0.05) is 25.5 Å². The summed E-state index contributed by atoms with van der Waals surface area (Å²) in [4.78, 5) is 16.8. The van der Waals surface area contributed by atoms with Crippen LogP contribution >= 0.6 is 0 Å². The lowest BCUT2D eigenvalue weighted by molar-refractivity contribution is -0.0525. The summed E-state index contributed by atoms with van der Waals surface area (Å²) in [6.45, 7) is 4.33. The Hall–Kier alpha value is -2.16. The first-order chi connectivity index (χ1) is 13.1. The SMILES string of the molecule is O=C(c1ccc(Cn2cccn2)o1)N1CCOCC(O)(CN2CCCC2)C1. The number of aromatic nitrogens is 2. The van der Waals surface area contributed by atoms with Crippen molar-refractivity contribution in [3.8, 4) is 0 Å². The molecule has 0 aromatic carbocycles. The summed E-state index contributed by atoms with van der Waals surface area (Å²) in [5, 5.41) is 15.2. The zero-order valence-electron chi connectivity index (χ0n) is 15.4. The molecule has 1 atom stereocenters. The average Bonchev–Trinajstić information content (AvgIpc) is 3.39. The Bertz CT molecular complexity index is 754. The van der Waals surface area contributed by atoms with E-state index in [1.54, 1.807) is 27.9 Å². The van der Waals surface area contributed by atoms with E-state index >= 15 is 0 Å². The van der Waals surface area contributed by atoms with Gasteiger partial charge in [0.25, 0.3) is 5.91 Å². The molecule has 1 amide bonds. The van der Waals surface area contributed by atoms with Gasteiger partial charge in [-0.1, -0.05) is 0 Å². The molecule has 146 valence electrons. The first-order valence-corrected chi connectivity index (χ1v) is 9.49. The lowest BCUT2D eigenvalue weighted by Gasteiger charge is -2.33. The molecule has 1 N–H and O–H groups in total. The van der Waals surface area contributed by atoms with Crippen molar-refractivity contribution in [1.82, 2.24) is 19.6 Å². The van der Waals surface area contributed by atoms with E-state index in [9.17, 15) is 9.90 Å². The second kappa shape index (κ2) is 7.84. The van der Waals surface area contributed by atoms with Crippen molar-refractivity contribution in [3.05, 3.63) is 42.1 Å². The minimum atomic E-state index is -1.05. The number of hydrogen-bond acceptors (Lipinski definition) is 6. The van der Waals surface area contributed by atoms with E-state index < -0.39 is 5.60 Å². The third-order valence-electron chi connectivity index (χ3n) is 5.11. The van der Waals surface area contributed by atoms with Gasteiger partial charge in [0.2, 0.25) is 0 Å². The third-order valence-corrected chi connectivity index (χ3v) is 5.11. The molecule has 2 aliphatic rings. The van der Waals surface area contributed by atoms with E-state index in [0.29, 0.717) is 32.0 Å². The average molecular weight is 374 g/mol. The van der Waals surface area contributed by atoms with Gasteiger partial charge in [0.05, 0.1) is 26.3 Å². The highest BCUT2D eigenvalue weighted by atomic mass is 16.5. The summed E-state index contributed by atoms with van der Waals surface area (Å²) in [5.41, 5.74) is -1.05. The monoisotopic (exact) mass is 374 g/mol. The molecule has 0 aliphatic carbocycles. The molecule has 8 nitrogen and oxygen atoms in total. The third kappa shape index (κ3) is 4.40. The van der Waals surface area contributed by atoms with Crippen molar-refractivity contribution >= 4 is 5.91 Å². The Morgan fingerprint density at radius 2 is 2.11 bits per heavy atom. The standard InChI is InChI=1S/C19H26N4O4/c24-18(17-5-4-16(27-17)12-23-9-3-6-20-23)22-10-11-26-15-19(25,14-22)13-21-7-1-2-8-21/h3-6,9,25H,1-2,7-8,10-15H2. The van der Waals surface area contributed by atoms with Crippen LogP contribution in [0.4, 0.5) is 0 Å². The number of β-amino-alcohol motifs (C(OH)–C–C–N with tert-alkyl or cyclic N) is 1. The predicted molar refractivity (Wildman–Crippen MR) is 97.4 cm³/mol. The minimum Gasteiger partial charge on any atom is -0.454 e. The quantitative estimate of drug-likeness (QED) is 0.834. The fraction of sp³-hybridized carbons (Fsp3) is 0.579. The molecule has 2 saturated heterocycles. The van der Waals surface area contributed by atoms with E-state index in [1.165, 1.54) is 0 Å². The Morgan fingerprint density at radius 3 is 2.89 bits per heavy atom. The highest BCUT2D eigenvalue weighted by molar-refractivity contribution is 5.91. The molecular weight excluding hydrogens is 348 g/mol. The summed E-state index contributed by atoms with van der Waals surface area (Å²) >= 11 is 0. The van der Waals surface area contributed by atoms with E-state index in [-0.39, 0.29) is 24.8 Å². The van der Waals surface area contributed by atoms with Gasteiger partial charge in [0.15, 0.2) is 5.76 Å².